The first kappa shape index (κ1) is 13.2. The van der Waals surface area contributed by atoms with Crippen molar-refractivity contribution in [1.29, 1.82) is 5.26 Å². The lowest BCUT2D eigenvalue weighted by Crippen LogP contribution is -2.20. The van der Waals surface area contributed by atoms with Gasteiger partial charge in [-0.05, 0) is 25.7 Å². The fourth-order valence-corrected chi connectivity index (χ4v) is 3.18. The first-order chi connectivity index (χ1) is 8.70. The average Bonchev–Trinajstić information content (AvgIpc) is 2.79. The van der Waals surface area contributed by atoms with Crippen LogP contribution in [0.5, 0.6) is 0 Å². The van der Waals surface area contributed by atoms with Crippen molar-refractivity contribution in [2.45, 2.75) is 51.5 Å². The highest BCUT2D eigenvalue weighted by Crippen LogP contribution is 2.27. The molecule has 1 aliphatic rings. The van der Waals surface area contributed by atoms with E-state index in [0.717, 1.165) is 17.1 Å². The number of aryl methyl sites for hydroxylation is 1. The maximum absolute atomic E-state index is 9.21. The van der Waals surface area contributed by atoms with E-state index in [9.17, 15) is 5.26 Å². The summed E-state index contributed by atoms with van der Waals surface area (Å²) in [7, 11) is 0. The average molecular weight is 261 g/mol. The van der Waals surface area contributed by atoms with Gasteiger partial charge in [0.1, 0.15) is 10.9 Å². The first-order valence-corrected chi connectivity index (χ1v) is 7.43. The summed E-state index contributed by atoms with van der Waals surface area (Å²) in [5.74, 6) is 0.366. The highest BCUT2D eigenvalue weighted by molar-refractivity contribution is 7.09. The van der Waals surface area contributed by atoms with Gasteiger partial charge in [0.05, 0.1) is 12.1 Å². The number of nitriles is 1. The summed E-state index contributed by atoms with van der Waals surface area (Å²) in [6.07, 6.45) is 6.81. The number of hydrogen-bond acceptors (Lipinski definition) is 4. The second-order valence-corrected chi connectivity index (χ2v) is 5.95. The van der Waals surface area contributed by atoms with Crippen molar-refractivity contribution in [2.24, 2.45) is 10.9 Å². The highest BCUT2D eigenvalue weighted by atomic mass is 32.1. The summed E-state index contributed by atoms with van der Waals surface area (Å²) in [6.45, 7) is 4.21. The van der Waals surface area contributed by atoms with Crippen LogP contribution in [0.25, 0.3) is 0 Å². The van der Waals surface area contributed by atoms with Crippen molar-refractivity contribution in [3.8, 4) is 6.07 Å². The van der Waals surface area contributed by atoms with Crippen LogP contribution in [0.3, 0.4) is 0 Å². The van der Waals surface area contributed by atoms with Crippen molar-refractivity contribution in [3.05, 3.63) is 16.1 Å². The summed E-state index contributed by atoms with van der Waals surface area (Å²) in [5, 5.41) is 12.1. The van der Waals surface area contributed by atoms with Gasteiger partial charge in [0.2, 0.25) is 0 Å². The molecule has 0 spiro atoms. The molecule has 3 nitrogen and oxygen atoms in total. The van der Waals surface area contributed by atoms with Crippen molar-refractivity contribution in [3.63, 3.8) is 0 Å². The van der Waals surface area contributed by atoms with E-state index < -0.39 is 0 Å². The molecule has 18 heavy (non-hydrogen) atoms. The molecule has 1 aromatic heterocycles. The van der Waals surface area contributed by atoms with E-state index in [-0.39, 0.29) is 5.92 Å². The largest absolute Gasteiger partial charge is 0.292 e. The Balaban J connectivity index is 2.04. The molecule has 0 radical (unpaired) electrons. The van der Waals surface area contributed by atoms with Crippen LogP contribution in [-0.2, 0) is 0 Å². The zero-order valence-electron chi connectivity index (χ0n) is 11.0. The Kier molecular flexibility index (Phi) is 4.48. The Morgan fingerprint density at radius 3 is 2.94 bits per heavy atom. The van der Waals surface area contributed by atoms with Gasteiger partial charge >= 0.3 is 0 Å². The lowest BCUT2D eigenvalue weighted by molar-refractivity contribution is 0.333. The van der Waals surface area contributed by atoms with Crippen LogP contribution >= 0.6 is 11.3 Å². The van der Waals surface area contributed by atoms with E-state index >= 15 is 0 Å². The molecule has 0 aromatic carbocycles. The number of aliphatic imine (C=N–C) groups is 1. The van der Waals surface area contributed by atoms with Crippen LogP contribution in [0.4, 0.5) is 0 Å². The number of thiazole rings is 1. The number of aromatic nitrogens is 1. The lowest BCUT2D eigenvalue weighted by Gasteiger charge is -2.25. The van der Waals surface area contributed by atoms with Gasteiger partial charge in [0.25, 0.3) is 0 Å². The molecular formula is C14H19N3S. The molecule has 1 saturated carbocycles. The first-order valence-electron chi connectivity index (χ1n) is 6.55. The molecular weight excluding hydrogens is 242 g/mol. The van der Waals surface area contributed by atoms with Crippen LogP contribution in [0, 0.1) is 24.2 Å². The second kappa shape index (κ2) is 6.10. The summed E-state index contributed by atoms with van der Waals surface area (Å²) < 4.78 is 0. The third-order valence-electron chi connectivity index (χ3n) is 3.53. The van der Waals surface area contributed by atoms with E-state index in [1.807, 2.05) is 18.5 Å². The molecule has 0 bridgehead atoms. The van der Waals surface area contributed by atoms with Gasteiger partial charge in [-0.3, -0.25) is 4.99 Å². The Labute approximate surface area is 113 Å². The minimum Gasteiger partial charge on any atom is -0.292 e. The van der Waals surface area contributed by atoms with Gasteiger partial charge in [0, 0.05) is 17.3 Å². The zero-order valence-corrected chi connectivity index (χ0v) is 11.8. The van der Waals surface area contributed by atoms with E-state index in [0.29, 0.717) is 12.0 Å². The minimum atomic E-state index is -0.280. The van der Waals surface area contributed by atoms with E-state index in [1.54, 1.807) is 11.3 Å². The summed E-state index contributed by atoms with van der Waals surface area (Å²) >= 11 is 1.54. The molecule has 1 fully saturated rings. The highest BCUT2D eigenvalue weighted by Gasteiger charge is 2.20. The third kappa shape index (κ3) is 3.17. The molecule has 0 saturated heterocycles. The smallest absolute Gasteiger partial charge is 0.133 e. The molecule has 1 aliphatic carbocycles. The van der Waals surface area contributed by atoms with E-state index in [4.69, 9.17) is 0 Å². The van der Waals surface area contributed by atoms with Crippen molar-refractivity contribution < 1.29 is 0 Å². The van der Waals surface area contributed by atoms with Gasteiger partial charge in [-0.15, -0.1) is 11.3 Å². The van der Waals surface area contributed by atoms with Gasteiger partial charge in [-0.2, -0.15) is 5.26 Å². The van der Waals surface area contributed by atoms with Gasteiger partial charge in [-0.25, -0.2) is 4.98 Å². The molecule has 1 heterocycles. The van der Waals surface area contributed by atoms with Gasteiger partial charge in [0.15, 0.2) is 0 Å². The monoisotopic (exact) mass is 261 g/mol. The molecule has 2 rings (SSSR count). The van der Waals surface area contributed by atoms with Gasteiger partial charge < -0.3 is 0 Å². The fraction of sp³-hybridized carbons (Fsp3) is 0.643. The minimum absolute atomic E-state index is 0.280. The third-order valence-corrected chi connectivity index (χ3v) is 4.58. The van der Waals surface area contributed by atoms with Gasteiger partial charge in [-0.1, -0.05) is 19.8 Å². The SMILES string of the molecule is Cc1csc([C@@H](C#N)C=N[C@H]2CCCC[C@H]2C)n1. The van der Waals surface area contributed by atoms with Crippen LogP contribution < -0.4 is 0 Å². The predicted octanol–water partition coefficient (Wildman–Crippen LogP) is 3.71. The molecule has 1 aromatic rings. The molecule has 0 N–H and O–H groups in total. The Morgan fingerprint density at radius 1 is 1.56 bits per heavy atom. The second-order valence-electron chi connectivity index (χ2n) is 5.06. The quantitative estimate of drug-likeness (QED) is 0.779. The van der Waals surface area contributed by atoms with Crippen LogP contribution in [0.1, 0.15) is 49.2 Å². The number of nitrogens with zero attached hydrogens (tertiary/aromatic N) is 3. The van der Waals surface area contributed by atoms with E-state index in [1.165, 1.54) is 19.3 Å². The van der Waals surface area contributed by atoms with Crippen LogP contribution in [0.2, 0.25) is 0 Å². The molecule has 0 aliphatic heterocycles. The van der Waals surface area contributed by atoms with Crippen LogP contribution in [0.15, 0.2) is 10.4 Å². The van der Waals surface area contributed by atoms with Crippen molar-refractivity contribution >= 4 is 17.6 Å². The van der Waals surface area contributed by atoms with Crippen molar-refractivity contribution in [1.82, 2.24) is 4.98 Å². The fourth-order valence-electron chi connectivity index (χ4n) is 2.38. The van der Waals surface area contributed by atoms with Crippen molar-refractivity contribution in [2.75, 3.05) is 0 Å². The topological polar surface area (TPSA) is 49.0 Å². The summed E-state index contributed by atoms with van der Waals surface area (Å²) in [4.78, 5) is 9.01. The predicted molar refractivity (Wildman–Crippen MR) is 75.1 cm³/mol. The molecule has 4 heteroatoms. The maximum Gasteiger partial charge on any atom is 0.133 e. The lowest BCUT2D eigenvalue weighted by atomic mass is 9.86. The molecule has 3 atom stereocenters. The Bertz CT molecular complexity index is 458. The number of rotatable bonds is 3. The maximum atomic E-state index is 9.21. The Hall–Kier alpha value is -1.21. The summed E-state index contributed by atoms with van der Waals surface area (Å²) in [6, 6.07) is 2.68. The molecule has 0 amide bonds. The van der Waals surface area contributed by atoms with E-state index in [2.05, 4.69) is 23.0 Å². The van der Waals surface area contributed by atoms with Crippen LogP contribution in [-0.4, -0.2) is 17.2 Å². The zero-order chi connectivity index (χ0) is 13.0. The molecule has 96 valence electrons. The Morgan fingerprint density at radius 2 is 2.33 bits per heavy atom. The number of hydrogen-bond donors (Lipinski definition) is 0. The summed E-state index contributed by atoms with van der Waals surface area (Å²) in [5.41, 5.74) is 0.981. The molecule has 0 unspecified atom stereocenters. The normalized spacial score (nSPS) is 26.1. The standard InChI is InChI=1S/C14H19N3S/c1-10-5-3-4-6-13(10)16-8-12(7-15)14-17-11(2)9-18-14/h8-10,12-13H,3-6H2,1-2H3/t10-,12+,13+/m1/s1.